The molecule has 2 fully saturated rings. The molecule has 1 aromatic rings. The molecule has 2 heterocycles. The minimum Gasteiger partial charge on any atom is -0.353 e. The average molecular weight is 292 g/mol. The number of carbonyl (C=O) groups excluding carboxylic acids is 1. The van der Waals surface area contributed by atoms with Crippen LogP contribution in [0.25, 0.3) is 0 Å². The molecule has 0 unspecified atom stereocenters. The normalized spacial score (nSPS) is 19.9. The number of urea groups is 1. The predicted molar refractivity (Wildman–Crippen MR) is 78.8 cm³/mol. The van der Waals surface area contributed by atoms with E-state index in [1.165, 1.54) is 25.1 Å². The van der Waals surface area contributed by atoms with Crippen LogP contribution in [0.4, 0.5) is 15.0 Å². The first kappa shape index (κ1) is 14.1. The van der Waals surface area contributed by atoms with Crippen LogP contribution in [0.1, 0.15) is 25.7 Å². The zero-order chi connectivity index (χ0) is 14.7. The number of rotatable bonds is 2. The van der Waals surface area contributed by atoms with E-state index in [9.17, 15) is 9.18 Å². The molecular formula is C15H21FN4O. The van der Waals surface area contributed by atoms with E-state index in [2.05, 4.69) is 15.2 Å². The number of aromatic nitrogens is 1. The van der Waals surface area contributed by atoms with Gasteiger partial charge in [-0.15, -0.1) is 0 Å². The summed E-state index contributed by atoms with van der Waals surface area (Å²) in [6, 6.07) is 3.51. The second kappa shape index (κ2) is 6.28. The lowest BCUT2D eigenvalue weighted by atomic mass is 10.2. The number of nitrogens with zero attached hydrogens (tertiary/aromatic N) is 3. The van der Waals surface area contributed by atoms with Crippen molar-refractivity contribution < 1.29 is 9.18 Å². The quantitative estimate of drug-likeness (QED) is 0.907. The molecule has 1 N–H and O–H groups in total. The number of anilines is 1. The summed E-state index contributed by atoms with van der Waals surface area (Å²) >= 11 is 0. The number of carbonyl (C=O) groups is 1. The van der Waals surface area contributed by atoms with Gasteiger partial charge in [0.2, 0.25) is 0 Å². The van der Waals surface area contributed by atoms with E-state index in [-0.39, 0.29) is 11.8 Å². The van der Waals surface area contributed by atoms with E-state index in [0.717, 1.165) is 31.7 Å². The number of nitrogens with one attached hydrogen (secondary N) is 1. The Kier molecular flexibility index (Phi) is 4.22. The Labute approximate surface area is 124 Å². The van der Waals surface area contributed by atoms with Gasteiger partial charge in [0.15, 0.2) is 0 Å². The van der Waals surface area contributed by atoms with Gasteiger partial charge in [-0.2, -0.15) is 0 Å². The van der Waals surface area contributed by atoms with Crippen LogP contribution in [0.5, 0.6) is 0 Å². The van der Waals surface area contributed by atoms with Crippen molar-refractivity contribution in [2.45, 2.75) is 31.7 Å². The molecule has 0 bridgehead atoms. The topological polar surface area (TPSA) is 48.5 Å². The summed E-state index contributed by atoms with van der Waals surface area (Å²) < 4.78 is 12.9. The van der Waals surface area contributed by atoms with Gasteiger partial charge in [0.1, 0.15) is 11.6 Å². The summed E-state index contributed by atoms with van der Waals surface area (Å²) in [4.78, 5) is 20.2. The lowest BCUT2D eigenvalue weighted by Crippen LogP contribution is -2.53. The monoisotopic (exact) mass is 292 g/mol. The van der Waals surface area contributed by atoms with Crippen molar-refractivity contribution in [2.75, 3.05) is 31.1 Å². The Hall–Kier alpha value is -1.85. The van der Waals surface area contributed by atoms with Crippen LogP contribution in [-0.2, 0) is 0 Å². The molecule has 6 heteroatoms. The highest BCUT2D eigenvalue weighted by Gasteiger charge is 2.24. The molecule has 1 saturated carbocycles. The smallest absolute Gasteiger partial charge is 0.317 e. The lowest BCUT2D eigenvalue weighted by Gasteiger charge is -2.35. The SMILES string of the molecule is O=C(NC1CCCC1)N1CCN(c2ccc(F)cn2)CC1. The van der Waals surface area contributed by atoms with Crippen LogP contribution < -0.4 is 10.2 Å². The zero-order valence-electron chi connectivity index (χ0n) is 12.1. The second-order valence-corrected chi connectivity index (χ2v) is 5.74. The Morgan fingerprint density at radius 2 is 1.90 bits per heavy atom. The Balaban J connectivity index is 1.50. The van der Waals surface area contributed by atoms with E-state index >= 15 is 0 Å². The average Bonchev–Trinajstić information content (AvgIpc) is 3.01. The molecule has 3 rings (SSSR count). The van der Waals surface area contributed by atoms with Gasteiger partial charge in [-0.25, -0.2) is 14.2 Å². The fourth-order valence-electron chi connectivity index (χ4n) is 3.03. The molecule has 0 aromatic carbocycles. The lowest BCUT2D eigenvalue weighted by molar-refractivity contribution is 0.190. The van der Waals surface area contributed by atoms with Crippen molar-refractivity contribution in [3.8, 4) is 0 Å². The van der Waals surface area contributed by atoms with Crippen molar-refractivity contribution in [1.29, 1.82) is 0 Å². The first-order valence-corrected chi connectivity index (χ1v) is 7.64. The number of hydrogen-bond donors (Lipinski definition) is 1. The fraction of sp³-hybridized carbons (Fsp3) is 0.600. The molecule has 1 saturated heterocycles. The highest BCUT2D eigenvalue weighted by molar-refractivity contribution is 5.75. The Morgan fingerprint density at radius 3 is 2.52 bits per heavy atom. The van der Waals surface area contributed by atoms with Gasteiger partial charge in [0.05, 0.1) is 6.20 Å². The number of piperazine rings is 1. The molecule has 1 aromatic heterocycles. The van der Waals surface area contributed by atoms with Crippen LogP contribution in [0.15, 0.2) is 18.3 Å². The molecule has 5 nitrogen and oxygen atoms in total. The number of halogens is 1. The number of amides is 2. The van der Waals surface area contributed by atoms with Crippen molar-refractivity contribution in [3.05, 3.63) is 24.1 Å². The van der Waals surface area contributed by atoms with Gasteiger partial charge in [0, 0.05) is 32.2 Å². The number of pyridine rings is 1. The summed E-state index contributed by atoms with van der Waals surface area (Å²) in [5.41, 5.74) is 0. The van der Waals surface area contributed by atoms with Crippen molar-refractivity contribution in [1.82, 2.24) is 15.2 Å². The highest BCUT2D eigenvalue weighted by atomic mass is 19.1. The van der Waals surface area contributed by atoms with Crippen molar-refractivity contribution >= 4 is 11.8 Å². The van der Waals surface area contributed by atoms with E-state index in [4.69, 9.17) is 0 Å². The minimum atomic E-state index is -0.326. The molecule has 1 aliphatic heterocycles. The molecule has 2 amide bonds. The maximum absolute atomic E-state index is 12.9. The van der Waals surface area contributed by atoms with E-state index < -0.39 is 0 Å². The summed E-state index contributed by atoms with van der Waals surface area (Å²) in [6.07, 6.45) is 5.87. The predicted octanol–water partition coefficient (Wildman–Crippen LogP) is 1.99. The van der Waals surface area contributed by atoms with Crippen molar-refractivity contribution in [3.63, 3.8) is 0 Å². The van der Waals surface area contributed by atoms with Crippen molar-refractivity contribution in [2.24, 2.45) is 0 Å². The fourth-order valence-corrected chi connectivity index (χ4v) is 3.03. The van der Waals surface area contributed by atoms with Gasteiger partial charge in [-0.3, -0.25) is 0 Å². The van der Waals surface area contributed by atoms with Gasteiger partial charge in [0.25, 0.3) is 0 Å². The zero-order valence-corrected chi connectivity index (χ0v) is 12.1. The third-order valence-electron chi connectivity index (χ3n) is 4.29. The summed E-state index contributed by atoms with van der Waals surface area (Å²) in [5, 5.41) is 3.11. The van der Waals surface area contributed by atoms with Crippen LogP contribution >= 0.6 is 0 Å². The van der Waals surface area contributed by atoms with Crippen LogP contribution in [0.2, 0.25) is 0 Å². The van der Waals surface area contributed by atoms with Gasteiger partial charge in [-0.1, -0.05) is 12.8 Å². The maximum Gasteiger partial charge on any atom is 0.317 e. The third kappa shape index (κ3) is 3.43. The Bertz CT molecular complexity index is 479. The molecular weight excluding hydrogens is 271 g/mol. The third-order valence-corrected chi connectivity index (χ3v) is 4.29. The molecule has 114 valence electrons. The van der Waals surface area contributed by atoms with Crippen LogP contribution in [-0.4, -0.2) is 48.1 Å². The molecule has 0 spiro atoms. The molecule has 2 aliphatic rings. The van der Waals surface area contributed by atoms with E-state index in [0.29, 0.717) is 19.1 Å². The highest BCUT2D eigenvalue weighted by Crippen LogP contribution is 2.18. The largest absolute Gasteiger partial charge is 0.353 e. The van der Waals surface area contributed by atoms with Gasteiger partial charge in [-0.05, 0) is 25.0 Å². The molecule has 0 radical (unpaired) electrons. The minimum absolute atomic E-state index is 0.0496. The maximum atomic E-state index is 12.9. The summed E-state index contributed by atoms with van der Waals surface area (Å²) in [5.74, 6) is 0.445. The van der Waals surface area contributed by atoms with Crippen LogP contribution in [0, 0.1) is 5.82 Å². The first-order valence-electron chi connectivity index (χ1n) is 7.64. The molecule has 21 heavy (non-hydrogen) atoms. The summed E-state index contributed by atoms with van der Waals surface area (Å²) in [7, 11) is 0. The standard InChI is InChI=1S/C15H21FN4O/c16-12-5-6-14(17-11-12)19-7-9-20(10-8-19)15(21)18-13-3-1-2-4-13/h5-6,11,13H,1-4,7-10H2,(H,18,21). The van der Waals surface area contributed by atoms with Crippen LogP contribution in [0.3, 0.4) is 0 Å². The van der Waals surface area contributed by atoms with Gasteiger partial charge < -0.3 is 15.1 Å². The Morgan fingerprint density at radius 1 is 1.19 bits per heavy atom. The molecule has 0 atom stereocenters. The number of hydrogen-bond acceptors (Lipinski definition) is 3. The van der Waals surface area contributed by atoms with Gasteiger partial charge >= 0.3 is 6.03 Å². The second-order valence-electron chi connectivity index (χ2n) is 5.74. The van der Waals surface area contributed by atoms with E-state index in [1.54, 1.807) is 6.07 Å². The van der Waals surface area contributed by atoms with E-state index in [1.807, 2.05) is 4.90 Å². The summed E-state index contributed by atoms with van der Waals surface area (Å²) in [6.45, 7) is 2.82. The molecule has 1 aliphatic carbocycles. The first-order chi connectivity index (χ1) is 10.2.